The molecule has 1 aromatic rings. The molecular weight excluding hydrogens is 254 g/mol. The molecule has 1 aromatic carbocycles. The van der Waals surface area contributed by atoms with Crippen molar-refractivity contribution in [3.05, 3.63) is 35.9 Å². The quantitative estimate of drug-likeness (QED) is 0.739. The minimum absolute atomic E-state index is 0.0144. The molecule has 0 aliphatic rings. The van der Waals surface area contributed by atoms with Gasteiger partial charge in [0, 0.05) is 25.4 Å². The van der Waals surface area contributed by atoms with Crippen molar-refractivity contribution >= 4 is 11.8 Å². The van der Waals surface area contributed by atoms with Crippen molar-refractivity contribution in [2.45, 2.75) is 26.3 Å². The molecule has 5 heteroatoms. The molecule has 0 aromatic heterocycles. The van der Waals surface area contributed by atoms with Gasteiger partial charge in [-0.1, -0.05) is 37.3 Å². The number of nitrogens with zero attached hydrogens (tertiary/aromatic N) is 1. The zero-order chi connectivity index (χ0) is 15.0. The topological polar surface area (TPSA) is 89.4 Å². The SMILES string of the molecule is CC(CCN)C(=O)N(CCC(N)=O)Cc1ccccc1. The Morgan fingerprint density at radius 2 is 1.90 bits per heavy atom. The van der Waals surface area contributed by atoms with Gasteiger partial charge in [0.2, 0.25) is 11.8 Å². The lowest BCUT2D eigenvalue weighted by Gasteiger charge is -2.25. The molecule has 0 radical (unpaired) electrons. The lowest BCUT2D eigenvalue weighted by molar-refractivity contribution is -0.136. The molecule has 20 heavy (non-hydrogen) atoms. The van der Waals surface area contributed by atoms with Crippen molar-refractivity contribution in [1.82, 2.24) is 4.90 Å². The van der Waals surface area contributed by atoms with E-state index in [0.29, 0.717) is 26.1 Å². The predicted octanol–water partition coefficient (Wildman–Crippen LogP) is 0.876. The minimum atomic E-state index is -0.401. The Hall–Kier alpha value is -1.88. The van der Waals surface area contributed by atoms with E-state index >= 15 is 0 Å². The highest BCUT2D eigenvalue weighted by Crippen LogP contribution is 2.11. The molecule has 5 nitrogen and oxygen atoms in total. The first-order chi connectivity index (χ1) is 9.54. The van der Waals surface area contributed by atoms with Crippen molar-refractivity contribution in [2.75, 3.05) is 13.1 Å². The average Bonchev–Trinajstić information content (AvgIpc) is 2.44. The molecule has 0 spiro atoms. The summed E-state index contributed by atoms with van der Waals surface area (Å²) in [4.78, 5) is 25.0. The largest absolute Gasteiger partial charge is 0.370 e. The fourth-order valence-corrected chi connectivity index (χ4v) is 2.00. The van der Waals surface area contributed by atoms with Crippen molar-refractivity contribution in [3.8, 4) is 0 Å². The number of hydrogen-bond acceptors (Lipinski definition) is 3. The number of hydrogen-bond donors (Lipinski definition) is 2. The number of primary amides is 1. The summed E-state index contributed by atoms with van der Waals surface area (Å²) < 4.78 is 0. The fraction of sp³-hybridized carbons (Fsp3) is 0.467. The van der Waals surface area contributed by atoms with Gasteiger partial charge in [-0.05, 0) is 18.5 Å². The predicted molar refractivity (Wildman–Crippen MR) is 78.5 cm³/mol. The summed E-state index contributed by atoms with van der Waals surface area (Å²) >= 11 is 0. The number of nitrogens with two attached hydrogens (primary N) is 2. The summed E-state index contributed by atoms with van der Waals surface area (Å²) in [5.74, 6) is -0.528. The Balaban J connectivity index is 2.73. The maximum atomic E-state index is 12.4. The van der Waals surface area contributed by atoms with Gasteiger partial charge in [-0.3, -0.25) is 9.59 Å². The van der Waals surface area contributed by atoms with Crippen LogP contribution < -0.4 is 11.5 Å². The van der Waals surface area contributed by atoms with Crippen LogP contribution in [0.2, 0.25) is 0 Å². The van der Waals surface area contributed by atoms with Gasteiger partial charge in [0.1, 0.15) is 0 Å². The fourth-order valence-electron chi connectivity index (χ4n) is 2.00. The van der Waals surface area contributed by atoms with Crippen LogP contribution in [-0.2, 0) is 16.1 Å². The zero-order valence-corrected chi connectivity index (χ0v) is 11.9. The van der Waals surface area contributed by atoms with E-state index in [2.05, 4.69) is 0 Å². The Kier molecular flexibility index (Phi) is 6.73. The number of rotatable bonds is 8. The van der Waals surface area contributed by atoms with Crippen LogP contribution in [0.4, 0.5) is 0 Å². The van der Waals surface area contributed by atoms with Gasteiger partial charge in [0.15, 0.2) is 0 Å². The van der Waals surface area contributed by atoms with E-state index in [9.17, 15) is 9.59 Å². The summed E-state index contributed by atoms with van der Waals surface area (Å²) in [6.45, 7) is 3.17. The van der Waals surface area contributed by atoms with Gasteiger partial charge < -0.3 is 16.4 Å². The van der Waals surface area contributed by atoms with Gasteiger partial charge in [0.25, 0.3) is 0 Å². The normalized spacial score (nSPS) is 11.9. The summed E-state index contributed by atoms with van der Waals surface area (Å²) in [5, 5.41) is 0. The Bertz CT molecular complexity index is 434. The highest BCUT2D eigenvalue weighted by molar-refractivity contribution is 5.80. The van der Waals surface area contributed by atoms with Crippen LogP contribution in [0.5, 0.6) is 0 Å². The van der Waals surface area contributed by atoms with E-state index < -0.39 is 5.91 Å². The van der Waals surface area contributed by atoms with E-state index in [1.807, 2.05) is 37.3 Å². The molecule has 1 rings (SSSR count). The highest BCUT2D eigenvalue weighted by atomic mass is 16.2. The van der Waals surface area contributed by atoms with Crippen LogP contribution in [0.1, 0.15) is 25.3 Å². The Morgan fingerprint density at radius 1 is 1.25 bits per heavy atom. The van der Waals surface area contributed by atoms with Crippen LogP contribution in [0.15, 0.2) is 30.3 Å². The third-order valence-electron chi connectivity index (χ3n) is 3.18. The van der Waals surface area contributed by atoms with Gasteiger partial charge >= 0.3 is 0 Å². The van der Waals surface area contributed by atoms with Gasteiger partial charge in [0.05, 0.1) is 0 Å². The van der Waals surface area contributed by atoms with Crippen molar-refractivity contribution in [1.29, 1.82) is 0 Å². The summed E-state index contributed by atoms with van der Waals surface area (Å²) in [6, 6.07) is 9.69. The van der Waals surface area contributed by atoms with E-state index in [1.54, 1.807) is 4.90 Å². The Labute approximate surface area is 119 Å². The second-order valence-corrected chi connectivity index (χ2v) is 4.94. The zero-order valence-electron chi connectivity index (χ0n) is 11.9. The van der Waals surface area contributed by atoms with Crippen molar-refractivity contribution in [2.24, 2.45) is 17.4 Å². The average molecular weight is 277 g/mol. The van der Waals surface area contributed by atoms with Crippen LogP contribution in [0, 0.1) is 5.92 Å². The number of carbonyl (C=O) groups excluding carboxylic acids is 2. The summed E-state index contributed by atoms with van der Waals surface area (Å²) in [7, 11) is 0. The maximum absolute atomic E-state index is 12.4. The summed E-state index contributed by atoms with van der Waals surface area (Å²) in [6.07, 6.45) is 0.814. The summed E-state index contributed by atoms with van der Waals surface area (Å²) in [5.41, 5.74) is 11.7. The molecule has 1 atom stereocenters. The molecule has 0 saturated heterocycles. The smallest absolute Gasteiger partial charge is 0.225 e. The molecule has 4 N–H and O–H groups in total. The van der Waals surface area contributed by atoms with Gasteiger partial charge in [-0.15, -0.1) is 0 Å². The molecule has 110 valence electrons. The first kappa shape index (κ1) is 16.2. The van der Waals surface area contributed by atoms with Crippen LogP contribution in [0.3, 0.4) is 0 Å². The molecule has 0 bridgehead atoms. The van der Waals surface area contributed by atoms with Gasteiger partial charge in [-0.25, -0.2) is 0 Å². The Morgan fingerprint density at radius 3 is 2.45 bits per heavy atom. The maximum Gasteiger partial charge on any atom is 0.225 e. The third-order valence-corrected chi connectivity index (χ3v) is 3.18. The van der Waals surface area contributed by atoms with Gasteiger partial charge in [-0.2, -0.15) is 0 Å². The highest BCUT2D eigenvalue weighted by Gasteiger charge is 2.20. The van der Waals surface area contributed by atoms with Crippen LogP contribution in [-0.4, -0.2) is 29.8 Å². The van der Waals surface area contributed by atoms with E-state index in [-0.39, 0.29) is 18.2 Å². The molecule has 0 heterocycles. The number of amides is 2. The second kappa shape index (κ2) is 8.32. The van der Waals surface area contributed by atoms with E-state index in [4.69, 9.17) is 11.5 Å². The molecule has 2 amide bonds. The number of benzene rings is 1. The minimum Gasteiger partial charge on any atom is -0.370 e. The number of carbonyl (C=O) groups is 2. The molecule has 0 aliphatic carbocycles. The van der Waals surface area contributed by atoms with Crippen molar-refractivity contribution < 1.29 is 9.59 Å². The first-order valence-electron chi connectivity index (χ1n) is 6.85. The lowest BCUT2D eigenvalue weighted by Crippen LogP contribution is -2.37. The molecule has 0 aliphatic heterocycles. The molecular formula is C15H23N3O2. The second-order valence-electron chi connectivity index (χ2n) is 4.94. The lowest BCUT2D eigenvalue weighted by atomic mass is 10.1. The van der Waals surface area contributed by atoms with E-state index in [0.717, 1.165) is 5.56 Å². The monoisotopic (exact) mass is 277 g/mol. The standard InChI is InChI=1S/C15H23N3O2/c1-12(7-9-16)15(20)18(10-8-14(17)19)11-13-5-3-2-4-6-13/h2-6,12H,7-11,16H2,1H3,(H2,17,19). The molecule has 0 saturated carbocycles. The molecule has 1 unspecified atom stereocenters. The van der Waals surface area contributed by atoms with E-state index in [1.165, 1.54) is 0 Å². The van der Waals surface area contributed by atoms with Crippen LogP contribution in [0.25, 0.3) is 0 Å². The first-order valence-corrected chi connectivity index (χ1v) is 6.85. The third kappa shape index (κ3) is 5.40. The van der Waals surface area contributed by atoms with Crippen molar-refractivity contribution in [3.63, 3.8) is 0 Å². The molecule has 0 fully saturated rings. The van der Waals surface area contributed by atoms with Crippen LogP contribution >= 0.6 is 0 Å².